The van der Waals surface area contributed by atoms with Gasteiger partial charge in [0.25, 0.3) is 11.8 Å². The summed E-state index contributed by atoms with van der Waals surface area (Å²) in [4.78, 5) is 30.2. The van der Waals surface area contributed by atoms with Crippen LogP contribution in [0, 0.1) is 0 Å². The molecule has 0 saturated carbocycles. The molecule has 2 aliphatic rings. The van der Waals surface area contributed by atoms with Gasteiger partial charge in [-0.3, -0.25) is 14.5 Å². The average molecular weight is 382 g/mol. The molecule has 138 valence electrons. The van der Waals surface area contributed by atoms with Crippen LogP contribution in [0.15, 0.2) is 53.6 Å². The summed E-state index contributed by atoms with van der Waals surface area (Å²) in [5.41, 5.74) is 3.87. The largest absolute Gasteiger partial charge is 0.320 e. The van der Waals surface area contributed by atoms with Crippen LogP contribution in [0.5, 0.6) is 0 Å². The third-order valence-corrected chi connectivity index (χ3v) is 5.38. The molecule has 1 N–H and O–H groups in total. The van der Waals surface area contributed by atoms with Crippen LogP contribution in [0.1, 0.15) is 23.7 Å². The zero-order chi connectivity index (χ0) is 19.1. The van der Waals surface area contributed by atoms with E-state index in [1.54, 1.807) is 41.3 Å². The Morgan fingerprint density at radius 3 is 2.70 bits per heavy atom. The fraction of sp³-hybridized carbons (Fsp3) is 0.238. The summed E-state index contributed by atoms with van der Waals surface area (Å²) >= 11 is 6.50. The fourth-order valence-corrected chi connectivity index (χ4v) is 4.00. The summed E-state index contributed by atoms with van der Waals surface area (Å²) in [7, 11) is 2.04. The van der Waals surface area contributed by atoms with Gasteiger partial charge in [0.1, 0.15) is 0 Å². The number of rotatable bonds is 1. The first-order valence-electron chi connectivity index (χ1n) is 8.88. The number of para-hydroxylation sites is 2. The third-order valence-electron chi connectivity index (χ3n) is 5.08. The summed E-state index contributed by atoms with van der Waals surface area (Å²) < 4.78 is 0. The zero-order valence-electron chi connectivity index (χ0n) is 15.3. The third kappa shape index (κ3) is 3.03. The molecule has 27 heavy (non-hydrogen) atoms. The number of fused-ring (bicyclic) bond motifs is 2. The van der Waals surface area contributed by atoms with Gasteiger partial charge in [0.2, 0.25) is 0 Å². The molecule has 2 amide bonds. The van der Waals surface area contributed by atoms with E-state index in [2.05, 4.69) is 10.2 Å². The van der Waals surface area contributed by atoms with Crippen molar-refractivity contribution in [3.8, 4) is 0 Å². The lowest BCUT2D eigenvalue weighted by Gasteiger charge is -2.30. The molecule has 0 saturated heterocycles. The van der Waals surface area contributed by atoms with Gasteiger partial charge in [-0.2, -0.15) is 0 Å². The number of hydrogen-bond acceptors (Lipinski definition) is 3. The Bertz CT molecular complexity index is 983. The number of nitrogens with one attached hydrogen (secondary N) is 1. The molecular formula is C21H20ClN3O2. The smallest absolute Gasteiger partial charge is 0.258 e. The molecule has 0 aliphatic carbocycles. The van der Waals surface area contributed by atoms with Gasteiger partial charge in [0, 0.05) is 18.7 Å². The first kappa shape index (κ1) is 17.8. The Morgan fingerprint density at radius 1 is 1.15 bits per heavy atom. The maximum atomic E-state index is 13.7. The first-order valence-corrected chi connectivity index (χ1v) is 9.25. The quantitative estimate of drug-likeness (QED) is 0.804. The second kappa shape index (κ2) is 6.83. The van der Waals surface area contributed by atoms with Gasteiger partial charge in [-0.25, -0.2) is 0 Å². The topological polar surface area (TPSA) is 52.7 Å². The van der Waals surface area contributed by atoms with E-state index >= 15 is 0 Å². The molecular weight excluding hydrogens is 362 g/mol. The molecule has 0 radical (unpaired) electrons. The van der Waals surface area contributed by atoms with E-state index in [0.29, 0.717) is 34.1 Å². The van der Waals surface area contributed by atoms with Crippen molar-refractivity contribution in [2.75, 3.05) is 30.4 Å². The second-order valence-electron chi connectivity index (χ2n) is 6.99. The van der Waals surface area contributed by atoms with Crippen LogP contribution < -0.4 is 10.2 Å². The zero-order valence-corrected chi connectivity index (χ0v) is 16.0. The summed E-state index contributed by atoms with van der Waals surface area (Å²) in [6, 6.07) is 12.4. The minimum Gasteiger partial charge on any atom is -0.320 e. The lowest BCUT2D eigenvalue weighted by molar-refractivity contribution is -0.114. The fourth-order valence-electron chi connectivity index (χ4n) is 3.74. The van der Waals surface area contributed by atoms with Crippen molar-refractivity contribution in [3.05, 3.63) is 64.2 Å². The molecule has 5 nitrogen and oxygen atoms in total. The minimum atomic E-state index is -0.251. The summed E-state index contributed by atoms with van der Waals surface area (Å²) in [6.45, 7) is 3.56. The number of hydrogen-bond donors (Lipinski definition) is 1. The lowest BCUT2D eigenvalue weighted by Crippen LogP contribution is -2.35. The van der Waals surface area contributed by atoms with Gasteiger partial charge in [-0.05, 0) is 44.7 Å². The van der Waals surface area contributed by atoms with Crippen molar-refractivity contribution < 1.29 is 9.59 Å². The van der Waals surface area contributed by atoms with Crippen LogP contribution in [0.4, 0.5) is 17.1 Å². The Hall–Kier alpha value is -2.63. The van der Waals surface area contributed by atoms with Gasteiger partial charge < -0.3 is 10.2 Å². The summed E-state index contributed by atoms with van der Waals surface area (Å²) in [5.74, 6) is -0.377. The predicted molar refractivity (Wildman–Crippen MR) is 108 cm³/mol. The van der Waals surface area contributed by atoms with Crippen LogP contribution in [0.2, 0.25) is 5.02 Å². The number of benzene rings is 2. The number of anilines is 3. The molecule has 2 heterocycles. The highest BCUT2D eigenvalue weighted by Gasteiger charge is 2.33. The Labute approximate surface area is 163 Å². The van der Waals surface area contributed by atoms with E-state index in [1.165, 1.54) is 0 Å². The van der Waals surface area contributed by atoms with E-state index in [0.717, 1.165) is 24.2 Å². The molecule has 0 bridgehead atoms. The van der Waals surface area contributed by atoms with Crippen molar-refractivity contribution in [1.82, 2.24) is 4.90 Å². The summed E-state index contributed by atoms with van der Waals surface area (Å²) in [6.07, 6.45) is 0.668. The van der Waals surface area contributed by atoms with Crippen LogP contribution in [-0.4, -0.2) is 36.9 Å². The van der Waals surface area contributed by atoms with E-state index in [9.17, 15) is 9.59 Å². The number of likely N-dealkylation sites (N-methyl/N-ethyl adjacent to an activating group) is 1. The molecule has 0 aromatic heterocycles. The highest BCUT2D eigenvalue weighted by atomic mass is 35.5. The number of halogens is 1. The number of amides is 2. The number of carbonyl (C=O) groups excluding carboxylic acids is 2. The first-order chi connectivity index (χ1) is 13.0. The van der Waals surface area contributed by atoms with Crippen LogP contribution in [-0.2, 0) is 4.79 Å². The maximum absolute atomic E-state index is 13.7. The van der Waals surface area contributed by atoms with Gasteiger partial charge >= 0.3 is 0 Å². The lowest BCUT2D eigenvalue weighted by atomic mass is 9.99. The Morgan fingerprint density at radius 2 is 1.93 bits per heavy atom. The van der Waals surface area contributed by atoms with E-state index in [4.69, 9.17) is 11.6 Å². The second-order valence-corrected chi connectivity index (χ2v) is 7.40. The maximum Gasteiger partial charge on any atom is 0.258 e. The van der Waals surface area contributed by atoms with Crippen molar-refractivity contribution in [2.24, 2.45) is 0 Å². The van der Waals surface area contributed by atoms with Crippen LogP contribution in [0.3, 0.4) is 0 Å². The standard InChI is InChI=1S/C21H20ClN3O2/c1-13-12-24(2)11-10-14(13)21(27)25-18-9-4-3-6-15(18)20(26)23-17-8-5-7-16(22)19(17)25/h3-9H,10-12H2,1-2H3,(H,23,26). The van der Waals surface area contributed by atoms with Gasteiger partial charge in [0.15, 0.2) is 0 Å². The van der Waals surface area contributed by atoms with Gasteiger partial charge in [0.05, 0.1) is 27.6 Å². The van der Waals surface area contributed by atoms with Gasteiger partial charge in [-0.1, -0.05) is 35.4 Å². The molecule has 6 heteroatoms. The van der Waals surface area contributed by atoms with E-state index < -0.39 is 0 Å². The SMILES string of the molecule is CC1=C(C(=O)N2c3ccccc3C(=O)Nc3cccc(Cl)c32)CCN(C)C1. The van der Waals surface area contributed by atoms with Crippen molar-refractivity contribution in [1.29, 1.82) is 0 Å². The van der Waals surface area contributed by atoms with Crippen molar-refractivity contribution >= 4 is 40.5 Å². The highest BCUT2D eigenvalue weighted by Crippen LogP contribution is 2.43. The molecule has 2 aliphatic heterocycles. The predicted octanol–water partition coefficient (Wildman–Crippen LogP) is 4.22. The normalized spacial score (nSPS) is 17.1. The molecule has 0 fully saturated rings. The Balaban J connectivity index is 1.94. The monoisotopic (exact) mass is 381 g/mol. The number of nitrogens with zero attached hydrogens (tertiary/aromatic N) is 2. The molecule has 0 spiro atoms. The average Bonchev–Trinajstić information content (AvgIpc) is 2.76. The van der Waals surface area contributed by atoms with Gasteiger partial charge in [-0.15, -0.1) is 0 Å². The Kier molecular flexibility index (Phi) is 4.50. The van der Waals surface area contributed by atoms with Crippen molar-refractivity contribution in [3.63, 3.8) is 0 Å². The molecule has 2 aromatic carbocycles. The highest BCUT2D eigenvalue weighted by molar-refractivity contribution is 6.36. The van der Waals surface area contributed by atoms with Crippen LogP contribution >= 0.6 is 11.6 Å². The van der Waals surface area contributed by atoms with Crippen LogP contribution in [0.25, 0.3) is 0 Å². The molecule has 4 rings (SSSR count). The van der Waals surface area contributed by atoms with E-state index in [-0.39, 0.29) is 11.8 Å². The summed E-state index contributed by atoms with van der Waals surface area (Å²) in [5, 5.41) is 3.30. The van der Waals surface area contributed by atoms with E-state index in [1.807, 2.05) is 20.0 Å². The molecule has 0 atom stereocenters. The van der Waals surface area contributed by atoms with Crippen molar-refractivity contribution in [2.45, 2.75) is 13.3 Å². The molecule has 2 aromatic rings. The molecule has 0 unspecified atom stereocenters. The number of carbonyl (C=O) groups is 2. The minimum absolute atomic E-state index is 0.126.